The summed E-state index contributed by atoms with van der Waals surface area (Å²) in [6.45, 7) is 3.18. The van der Waals surface area contributed by atoms with Crippen molar-refractivity contribution in [3.8, 4) is 17.0 Å². The van der Waals surface area contributed by atoms with Crippen molar-refractivity contribution in [1.82, 2.24) is 20.4 Å². The summed E-state index contributed by atoms with van der Waals surface area (Å²) in [5.74, 6) is 1.13. The SMILES string of the molecule is COc1ccc(-c2[nH]ncc2CNCCN2CCCCCC2=O)cc1. The molecule has 1 aromatic carbocycles. The molecule has 2 N–H and O–H groups in total. The number of aromatic nitrogens is 2. The molecule has 0 atom stereocenters. The Morgan fingerprint density at radius 2 is 2.08 bits per heavy atom. The Kier molecular flexibility index (Phi) is 6.06. The van der Waals surface area contributed by atoms with Crippen LogP contribution in [0.3, 0.4) is 0 Å². The van der Waals surface area contributed by atoms with Gasteiger partial charge in [0.2, 0.25) is 5.91 Å². The first-order valence-corrected chi connectivity index (χ1v) is 8.93. The van der Waals surface area contributed by atoms with E-state index in [-0.39, 0.29) is 0 Å². The van der Waals surface area contributed by atoms with E-state index in [0.717, 1.165) is 68.0 Å². The third-order valence-corrected chi connectivity index (χ3v) is 4.64. The molecule has 3 rings (SSSR count). The third-order valence-electron chi connectivity index (χ3n) is 4.64. The van der Waals surface area contributed by atoms with Crippen molar-refractivity contribution in [2.24, 2.45) is 0 Å². The summed E-state index contributed by atoms with van der Waals surface area (Å²) in [4.78, 5) is 14.0. The molecule has 2 aromatic rings. The van der Waals surface area contributed by atoms with Crippen molar-refractivity contribution < 1.29 is 9.53 Å². The molecule has 2 heterocycles. The van der Waals surface area contributed by atoms with Gasteiger partial charge in [0.1, 0.15) is 5.75 Å². The van der Waals surface area contributed by atoms with Crippen molar-refractivity contribution >= 4 is 5.91 Å². The molecule has 0 saturated carbocycles. The monoisotopic (exact) mass is 342 g/mol. The summed E-state index contributed by atoms with van der Waals surface area (Å²) in [6.07, 6.45) is 5.86. The highest BCUT2D eigenvalue weighted by Gasteiger charge is 2.15. The lowest BCUT2D eigenvalue weighted by Gasteiger charge is -2.20. The number of amides is 1. The fraction of sp³-hybridized carbons (Fsp3) is 0.474. The highest BCUT2D eigenvalue weighted by atomic mass is 16.5. The predicted octanol–water partition coefficient (Wildman–Crippen LogP) is 2.58. The van der Waals surface area contributed by atoms with E-state index in [9.17, 15) is 4.79 Å². The molecule has 1 aromatic heterocycles. The Morgan fingerprint density at radius 3 is 2.88 bits per heavy atom. The molecule has 0 bridgehead atoms. The number of hydrogen-bond acceptors (Lipinski definition) is 4. The number of benzene rings is 1. The molecule has 0 radical (unpaired) electrons. The van der Waals surface area contributed by atoms with Crippen LogP contribution in [-0.4, -0.2) is 47.7 Å². The minimum Gasteiger partial charge on any atom is -0.497 e. The highest BCUT2D eigenvalue weighted by Crippen LogP contribution is 2.23. The number of nitrogens with zero attached hydrogens (tertiary/aromatic N) is 2. The molecular weight excluding hydrogens is 316 g/mol. The van der Waals surface area contributed by atoms with Crippen LogP contribution < -0.4 is 10.1 Å². The van der Waals surface area contributed by atoms with E-state index in [1.165, 1.54) is 0 Å². The van der Waals surface area contributed by atoms with Gasteiger partial charge >= 0.3 is 0 Å². The molecule has 1 saturated heterocycles. The number of rotatable bonds is 7. The van der Waals surface area contributed by atoms with Crippen molar-refractivity contribution in [2.45, 2.75) is 32.2 Å². The molecular formula is C19H26N4O2. The van der Waals surface area contributed by atoms with Gasteiger partial charge in [0.05, 0.1) is 19.0 Å². The predicted molar refractivity (Wildman–Crippen MR) is 97.3 cm³/mol. The van der Waals surface area contributed by atoms with Crippen molar-refractivity contribution in [3.63, 3.8) is 0 Å². The Balaban J connectivity index is 1.52. The number of ether oxygens (including phenoxy) is 1. The van der Waals surface area contributed by atoms with Gasteiger partial charge in [-0.05, 0) is 37.1 Å². The smallest absolute Gasteiger partial charge is 0.222 e. The minimum atomic E-state index is 0.293. The van der Waals surface area contributed by atoms with Crippen LogP contribution >= 0.6 is 0 Å². The van der Waals surface area contributed by atoms with Crippen molar-refractivity contribution in [1.29, 1.82) is 0 Å². The molecule has 1 fully saturated rings. The zero-order valence-electron chi connectivity index (χ0n) is 14.8. The van der Waals surface area contributed by atoms with Crippen LogP contribution in [0.25, 0.3) is 11.3 Å². The van der Waals surface area contributed by atoms with Gasteiger partial charge in [-0.1, -0.05) is 6.42 Å². The van der Waals surface area contributed by atoms with Crippen molar-refractivity contribution in [3.05, 3.63) is 36.0 Å². The van der Waals surface area contributed by atoms with Gasteiger partial charge in [-0.2, -0.15) is 5.10 Å². The Bertz CT molecular complexity index is 681. The van der Waals surface area contributed by atoms with E-state index < -0.39 is 0 Å². The van der Waals surface area contributed by atoms with Crippen LogP contribution in [-0.2, 0) is 11.3 Å². The zero-order valence-corrected chi connectivity index (χ0v) is 14.8. The normalized spacial score (nSPS) is 15.2. The lowest BCUT2D eigenvalue weighted by atomic mass is 10.1. The Morgan fingerprint density at radius 1 is 1.24 bits per heavy atom. The second kappa shape index (κ2) is 8.67. The number of methoxy groups -OCH3 is 1. The van der Waals surface area contributed by atoms with E-state index in [4.69, 9.17) is 4.74 Å². The maximum absolute atomic E-state index is 12.0. The maximum Gasteiger partial charge on any atom is 0.222 e. The van der Waals surface area contributed by atoms with Crippen LogP contribution in [0.2, 0.25) is 0 Å². The molecule has 1 amide bonds. The number of H-pyrrole nitrogens is 1. The topological polar surface area (TPSA) is 70.2 Å². The fourth-order valence-electron chi connectivity index (χ4n) is 3.16. The summed E-state index contributed by atoms with van der Waals surface area (Å²) in [5.41, 5.74) is 3.21. The first kappa shape index (κ1) is 17.5. The molecule has 0 unspecified atom stereocenters. The molecule has 1 aliphatic rings. The molecule has 25 heavy (non-hydrogen) atoms. The summed E-state index contributed by atoms with van der Waals surface area (Å²) >= 11 is 0. The lowest BCUT2D eigenvalue weighted by molar-refractivity contribution is -0.130. The number of likely N-dealkylation sites (tertiary alicyclic amines) is 1. The van der Waals surface area contributed by atoms with E-state index >= 15 is 0 Å². The van der Waals surface area contributed by atoms with Gasteiger partial charge in [0.25, 0.3) is 0 Å². The van der Waals surface area contributed by atoms with Gasteiger partial charge in [-0.3, -0.25) is 9.89 Å². The van der Waals surface area contributed by atoms with Gasteiger partial charge in [-0.15, -0.1) is 0 Å². The quantitative estimate of drug-likeness (QED) is 0.759. The lowest BCUT2D eigenvalue weighted by Crippen LogP contribution is -2.36. The summed E-state index contributed by atoms with van der Waals surface area (Å²) in [7, 11) is 1.66. The number of nitrogens with one attached hydrogen (secondary N) is 2. The van der Waals surface area contributed by atoms with E-state index in [1.54, 1.807) is 7.11 Å². The second-order valence-corrected chi connectivity index (χ2v) is 6.37. The number of carbonyl (C=O) groups is 1. The van der Waals surface area contributed by atoms with Gasteiger partial charge in [0, 0.05) is 43.7 Å². The fourth-order valence-corrected chi connectivity index (χ4v) is 3.16. The average Bonchev–Trinajstić information content (AvgIpc) is 3.01. The van der Waals surface area contributed by atoms with E-state index in [0.29, 0.717) is 12.3 Å². The molecule has 6 heteroatoms. The summed E-state index contributed by atoms with van der Waals surface area (Å²) in [6, 6.07) is 7.92. The van der Waals surface area contributed by atoms with Crippen LogP contribution in [0, 0.1) is 0 Å². The summed E-state index contributed by atoms with van der Waals surface area (Å²) < 4.78 is 5.20. The average molecular weight is 342 g/mol. The van der Waals surface area contributed by atoms with Crippen molar-refractivity contribution in [2.75, 3.05) is 26.7 Å². The van der Waals surface area contributed by atoms with Gasteiger partial charge in [0.15, 0.2) is 0 Å². The standard InChI is InChI=1S/C19H26N4O2/c1-25-17-8-6-15(7-9-17)19-16(14-21-22-19)13-20-10-12-23-11-4-2-3-5-18(23)24/h6-9,14,20H,2-5,10-13H2,1H3,(H,21,22). The van der Waals surface area contributed by atoms with E-state index in [1.807, 2.05) is 35.4 Å². The largest absolute Gasteiger partial charge is 0.497 e. The maximum atomic E-state index is 12.0. The van der Waals surface area contributed by atoms with Crippen LogP contribution in [0.1, 0.15) is 31.2 Å². The zero-order chi connectivity index (χ0) is 17.5. The van der Waals surface area contributed by atoms with Gasteiger partial charge < -0.3 is 15.0 Å². The van der Waals surface area contributed by atoms with Crippen LogP contribution in [0.15, 0.2) is 30.5 Å². The Hall–Kier alpha value is -2.34. The molecule has 134 valence electrons. The molecule has 0 aliphatic carbocycles. The number of aromatic amines is 1. The third kappa shape index (κ3) is 4.60. The first-order valence-electron chi connectivity index (χ1n) is 8.93. The number of carbonyl (C=O) groups excluding carboxylic acids is 1. The molecule has 1 aliphatic heterocycles. The van der Waals surface area contributed by atoms with Gasteiger partial charge in [-0.25, -0.2) is 0 Å². The Labute approximate surface area is 148 Å². The first-order chi connectivity index (χ1) is 12.3. The minimum absolute atomic E-state index is 0.293. The molecule has 0 spiro atoms. The van der Waals surface area contributed by atoms with Crippen LogP contribution in [0.4, 0.5) is 0 Å². The van der Waals surface area contributed by atoms with Crippen LogP contribution in [0.5, 0.6) is 5.75 Å². The molecule has 6 nitrogen and oxygen atoms in total. The second-order valence-electron chi connectivity index (χ2n) is 6.37. The number of hydrogen-bond donors (Lipinski definition) is 2. The summed E-state index contributed by atoms with van der Waals surface area (Å²) in [5, 5.41) is 10.7. The van der Waals surface area contributed by atoms with E-state index in [2.05, 4.69) is 15.5 Å². The highest BCUT2D eigenvalue weighted by molar-refractivity contribution is 5.76.